The summed E-state index contributed by atoms with van der Waals surface area (Å²) in [5, 5.41) is 0. The Bertz CT molecular complexity index is 748. The quantitative estimate of drug-likeness (QED) is 0.586. The first-order chi connectivity index (χ1) is 11.9. The summed E-state index contributed by atoms with van der Waals surface area (Å²) in [6.07, 6.45) is 0.136. The highest BCUT2D eigenvalue weighted by Gasteiger charge is 2.20. The molecule has 0 radical (unpaired) electrons. The van der Waals surface area contributed by atoms with Crippen molar-refractivity contribution in [1.29, 1.82) is 0 Å². The molecule has 0 aliphatic carbocycles. The van der Waals surface area contributed by atoms with Crippen LogP contribution in [0.2, 0.25) is 0 Å². The first-order valence-electron chi connectivity index (χ1n) is 8.17. The standard InChI is InChI=1S/C20H18F4O/c1-12-2-7-19(25-11-12)14-5-3-13(4-6-14)15-8-17(21)16(10-20(23)24)18(22)9-15/h3-6,8-10,12,19H,2,7,11H2,1H3. The zero-order valence-corrected chi connectivity index (χ0v) is 13.7. The van der Waals surface area contributed by atoms with E-state index in [9.17, 15) is 17.6 Å². The van der Waals surface area contributed by atoms with Crippen molar-refractivity contribution >= 4 is 6.08 Å². The molecule has 0 aromatic heterocycles. The van der Waals surface area contributed by atoms with Crippen LogP contribution in [0.5, 0.6) is 0 Å². The minimum atomic E-state index is -2.14. The van der Waals surface area contributed by atoms with Gasteiger partial charge in [-0.15, -0.1) is 0 Å². The fraction of sp³-hybridized carbons (Fsp3) is 0.300. The van der Waals surface area contributed by atoms with Crippen LogP contribution >= 0.6 is 0 Å². The fourth-order valence-corrected chi connectivity index (χ4v) is 3.03. The maximum atomic E-state index is 13.9. The molecule has 1 saturated heterocycles. The monoisotopic (exact) mass is 350 g/mol. The predicted molar refractivity (Wildman–Crippen MR) is 89.1 cm³/mol. The van der Waals surface area contributed by atoms with Crippen molar-refractivity contribution in [3.8, 4) is 11.1 Å². The summed E-state index contributed by atoms with van der Waals surface area (Å²) < 4.78 is 58.2. The topological polar surface area (TPSA) is 9.23 Å². The minimum absolute atomic E-state index is 0.0405. The number of hydrogen-bond acceptors (Lipinski definition) is 1. The lowest BCUT2D eigenvalue weighted by molar-refractivity contribution is -0.0123. The van der Waals surface area contributed by atoms with Gasteiger partial charge in [0.25, 0.3) is 6.08 Å². The number of benzene rings is 2. The summed E-state index contributed by atoms with van der Waals surface area (Å²) >= 11 is 0. The molecule has 2 unspecified atom stereocenters. The predicted octanol–water partition coefficient (Wildman–Crippen LogP) is 6.36. The van der Waals surface area contributed by atoms with E-state index in [1.54, 1.807) is 12.1 Å². The first kappa shape index (κ1) is 17.7. The second-order valence-corrected chi connectivity index (χ2v) is 6.41. The minimum Gasteiger partial charge on any atom is -0.373 e. The Morgan fingerprint density at radius 3 is 2.16 bits per heavy atom. The molecule has 5 heteroatoms. The third kappa shape index (κ3) is 4.10. The molecule has 1 nitrogen and oxygen atoms in total. The Labute approximate surface area is 143 Å². The molecule has 0 amide bonds. The van der Waals surface area contributed by atoms with Gasteiger partial charge in [-0.1, -0.05) is 31.2 Å². The average Bonchev–Trinajstić information content (AvgIpc) is 2.59. The van der Waals surface area contributed by atoms with E-state index in [-0.39, 0.29) is 12.2 Å². The summed E-state index contributed by atoms with van der Waals surface area (Å²) in [7, 11) is 0. The van der Waals surface area contributed by atoms with Gasteiger partial charge >= 0.3 is 0 Å². The zero-order chi connectivity index (χ0) is 18.0. The molecule has 1 aliphatic heterocycles. The number of halogens is 4. The van der Waals surface area contributed by atoms with Gasteiger partial charge in [-0.05, 0) is 47.6 Å². The number of hydrogen-bond donors (Lipinski definition) is 0. The van der Waals surface area contributed by atoms with E-state index >= 15 is 0 Å². The fourth-order valence-electron chi connectivity index (χ4n) is 3.03. The Hall–Kier alpha value is -2.14. The van der Waals surface area contributed by atoms with Crippen molar-refractivity contribution in [2.75, 3.05) is 6.61 Å². The van der Waals surface area contributed by atoms with Gasteiger partial charge in [0.05, 0.1) is 11.7 Å². The van der Waals surface area contributed by atoms with Crippen molar-refractivity contribution in [2.24, 2.45) is 5.92 Å². The summed E-state index contributed by atoms with van der Waals surface area (Å²) in [6, 6.07) is 9.39. The molecule has 0 N–H and O–H groups in total. The highest BCUT2D eigenvalue weighted by atomic mass is 19.3. The van der Waals surface area contributed by atoms with Crippen molar-refractivity contribution in [1.82, 2.24) is 0 Å². The Balaban J connectivity index is 1.84. The van der Waals surface area contributed by atoms with Gasteiger partial charge in [-0.2, -0.15) is 8.78 Å². The van der Waals surface area contributed by atoms with Crippen molar-refractivity contribution in [3.05, 3.63) is 65.2 Å². The van der Waals surface area contributed by atoms with Gasteiger partial charge in [-0.3, -0.25) is 0 Å². The molecule has 1 heterocycles. The van der Waals surface area contributed by atoms with Crippen LogP contribution in [0.15, 0.2) is 42.5 Å². The number of rotatable bonds is 3. The normalized spacial score (nSPS) is 20.4. The second kappa shape index (κ2) is 7.40. The highest BCUT2D eigenvalue weighted by Crippen LogP contribution is 2.32. The highest BCUT2D eigenvalue weighted by molar-refractivity contribution is 5.67. The summed E-state index contributed by atoms with van der Waals surface area (Å²) in [6.45, 7) is 2.87. The Morgan fingerprint density at radius 1 is 1.00 bits per heavy atom. The van der Waals surface area contributed by atoms with Crippen molar-refractivity contribution in [2.45, 2.75) is 25.9 Å². The SMILES string of the molecule is CC1CCC(c2ccc(-c3cc(F)c(C=C(F)F)c(F)c3)cc2)OC1. The van der Waals surface area contributed by atoms with Gasteiger partial charge in [0.1, 0.15) is 11.6 Å². The van der Waals surface area contributed by atoms with Crippen LogP contribution in [0.4, 0.5) is 17.6 Å². The zero-order valence-electron chi connectivity index (χ0n) is 13.7. The molecule has 3 rings (SSSR count). The molecule has 0 bridgehead atoms. The maximum Gasteiger partial charge on any atom is 0.271 e. The number of ether oxygens (including phenoxy) is 1. The Kier molecular flexibility index (Phi) is 5.23. The molecular formula is C20H18F4O. The van der Waals surface area contributed by atoms with E-state index in [0.29, 0.717) is 17.0 Å². The van der Waals surface area contributed by atoms with E-state index in [1.807, 2.05) is 12.1 Å². The average molecular weight is 350 g/mol. The summed E-state index contributed by atoms with van der Waals surface area (Å²) in [4.78, 5) is 0. The van der Waals surface area contributed by atoms with Crippen molar-refractivity contribution < 1.29 is 22.3 Å². The van der Waals surface area contributed by atoms with Gasteiger partial charge in [-0.25, -0.2) is 8.78 Å². The van der Waals surface area contributed by atoms with Crippen LogP contribution in [-0.4, -0.2) is 6.61 Å². The second-order valence-electron chi connectivity index (χ2n) is 6.41. The van der Waals surface area contributed by atoms with E-state index in [0.717, 1.165) is 37.1 Å². The third-order valence-electron chi connectivity index (χ3n) is 4.45. The summed E-state index contributed by atoms with van der Waals surface area (Å²) in [5.41, 5.74) is 1.21. The van der Waals surface area contributed by atoms with Crippen LogP contribution in [0.25, 0.3) is 17.2 Å². The van der Waals surface area contributed by atoms with Gasteiger partial charge in [0.2, 0.25) is 0 Å². The van der Waals surface area contributed by atoms with Gasteiger partial charge in [0, 0.05) is 12.7 Å². The largest absolute Gasteiger partial charge is 0.373 e. The van der Waals surface area contributed by atoms with Gasteiger partial charge in [0.15, 0.2) is 0 Å². The molecule has 2 aromatic carbocycles. The lowest BCUT2D eigenvalue weighted by Gasteiger charge is -2.27. The lowest BCUT2D eigenvalue weighted by Crippen LogP contribution is -2.18. The van der Waals surface area contributed by atoms with Crippen molar-refractivity contribution in [3.63, 3.8) is 0 Å². The molecule has 2 aromatic rings. The van der Waals surface area contributed by atoms with E-state index in [4.69, 9.17) is 4.74 Å². The molecule has 25 heavy (non-hydrogen) atoms. The van der Waals surface area contributed by atoms with Crippen LogP contribution < -0.4 is 0 Å². The van der Waals surface area contributed by atoms with Crippen LogP contribution in [0.3, 0.4) is 0 Å². The first-order valence-corrected chi connectivity index (χ1v) is 8.17. The Morgan fingerprint density at radius 2 is 1.64 bits per heavy atom. The molecular weight excluding hydrogens is 332 g/mol. The maximum absolute atomic E-state index is 13.9. The molecule has 0 spiro atoms. The molecule has 1 aliphatic rings. The molecule has 2 atom stereocenters. The molecule has 132 valence electrons. The smallest absolute Gasteiger partial charge is 0.271 e. The lowest BCUT2D eigenvalue weighted by atomic mass is 9.94. The molecule has 1 fully saturated rings. The summed E-state index contributed by atoms with van der Waals surface area (Å²) in [5.74, 6) is -1.48. The molecule has 0 saturated carbocycles. The van der Waals surface area contributed by atoms with E-state index in [1.165, 1.54) is 0 Å². The van der Waals surface area contributed by atoms with Crippen LogP contribution in [0.1, 0.15) is 37.0 Å². The van der Waals surface area contributed by atoms with Gasteiger partial charge < -0.3 is 4.74 Å². The van der Waals surface area contributed by atoms with E-state index in [2.05, 4.69) is 6.92 Å². The van der Waals surface area contributed by atoms with E-state index < -0.39 is 23.3 Å². The van der Waals surface area contributed by atoms with Crippen LogP contribution in [-0.2, 0) is 4.74 Å². The van der Waals surface area contributed by atoms with Crippen LogP contribution in [0, 0.1) is 17.6 Å². The third-order valence-corrected chi connectivity index (χ3v) is 4.45.